The van der Waals surface area contributed by atoms with Crippen molar-refractivity contribution in [2.75, 3.05) is 25.9 Å². The van der Waals surface area contributed by atoms with Crippen molar-refractivity contribution in [3.05, 3.63) is 23.8 Å². The monoisotopic (exact) mass is 277 g/mol. The largest absolute Gasteiger partial charge is 0.497 e. The number of nitrogens with one attached hydrogen (secondary N) is 1. The SMILES string of the molecule is COc1cc(N)cc(C(=O)N2CCC(NC(C)=O)C2)c1. The highest BCUT2D eigenvalue weighted by Gasteiger charge is 2.27. The van der Waals surface area contributed by atoms with Gasteiger partial charge in [-0.15, -0.1) is 0 Å². The zero-order chi connectivity index (χ0) is 14.7. The number of likely N-dealkylation sites (tertiary alicyclic amines) is 1. The summed E-state index contributed by atoms with van der Waals surface area (Å²) in [7, 11) is 1.53. The van der Waals surface area contributed by atoms with Crippen molar-refractivity contribution in [1.29, 1.82) is 0 Å². The molecule has 2 amide bonds. The van der Waals surface area contributed by atoms with Gasteiger partial charge >= 0.3 is 0 Å². The number of carbonyl (C=O) groups is 2. The smallest absolute Gasteiger partial charge is 0.254 e. The molecule has 1 atom stereocenters. The number of carbonyl (C=O) groups excluding carboxylic acids is 2. The van der Waals surface area contributed by atoms with E-state index in [1.54, 1.807) is 23.1 Å². The van der Waals surface area contributed by atoms with Gasteiger partial charge in [-0.2, -0.15) is 0 Å². The van der Waals surface area contributed by atoms with Crippen molar-refractivity contribution in [2.45, 2.75) is 19.4 Å². The maximum absolute atomic E-state index is 12.4. The molecule has 20 heavy (non-hydrogen) atoms. The second kappa shape index (κ2) is 5.81. The van der Waals surface area contributed by atoms with Crippen LogP contribution >= 0.6 is 0 Å². The molecule has 0 aromatic heterocycles. The first-order valence-corrected chi connectivity index (χ1v) is 6.50. The first-order valence-electron chi connectivity index (χ1n) is 6.50. The Kier molecular flexibility index (Phi) is 4.12. The average Bonchev–Trinajstić information content (AvgIpc) is 2.84. The normalized spacial score (nSPS) is 17.9. The molecule has 1 aromatic carbocycles. The molecule has 1 heterocycles. The molecule has 1 aliphatic rings. The molecule has 0 aliphatic carbocycles. The highest BCUT2D eigenvalue weighted by atomic mass is 16.5. The van der Waals surface area contributed by atoms with Gasteiger partial charge in [0.1, 0.15) is 5.75 Å². The number of amides is 2. The van der Waals surface area contributed by atoms with Crippen LogP contribution in [0.25, 0.3) is 0 Å². The zero-order valence-electron chi connectivity index (χ0n) is 11.7. The van der Waals surface area contributed by atoms with Crippen LogP contribution in [0.4, 0.5) is 5.69 Å². The van der Waals surface area contributed by atoms with Gasteiger partial charge in [-0.1, -0.05) is 0 Å². The van der Waals surface area contributed by atoms with Gasteiger partial charge in [-0.25, -0.2) is 0 Å². The summed E-state index contributed by atoms with van der Waals surface area (Å²) < 4.78 is 5.11. The fourth-order valence-corrected chi connectivity index (χ4v) is 2.40. The van der Waals surface area contributed by atoms with Gasteiger partial charge in [0, 0.05) is 43.4 Å². The van der Waals surface area contributed by atoms with E-state index < -0.39 is 0 Å². The summed E-state index contributed by atoms with van der Waals surface area (Å²) in [6.07, 6.45) is 0.769. The molecule has 0 radical (unpaired) electrons. The molecule has 0 saturated carbocycles. The number of anilines is 1. The summed E-state index contributed by atoms with van der Waals surface area (Å²) in [5, 5.41) is 2.83. The number of methoxy groups -OCH3 is 1. The predicted octanol–water partition coefficient (Wildman–Crippen LogP) is 0.628. The first-order chi connectivity index (χ1) is 9.49. The average molecular weight is 277 g/mol. The Hall–Kier alpha value is -2.24. The fraction of sp³-hybridized carbons (Fsp3) is 0.429. The van der Waals surface area contributed by atoms with Gasteiger partial charge < -0.3 is 20.7 Å². The Morgan fingerprint density at radius 2 is 2.15 bits per heavy atom. The van der Waals surface area contributed by atoms with Crippen LogP contribution in [-0.4, -0.2) is 43.0 Å². The van der Waals surface area contributed by atoms with Crippen molar-refractivity contribution >= 4 is 17.5 Å². The highest BCUT2D eigenvalue weighted by molar-refractivity contribution is 5.95. The summed E-state index contributed by atoms with van der Waals surface area (Å²) in [5.74, 6) is 0.393. The maximum atomic E-state index is 12.4. The van der Waals surface area contributed by atoms with E-state index in [-0.39, 0.29) is 17.9 Å². The molecule has 0 bridgehead atoms. The van der Waals surface area contributed by atoms with Crippen LogP contribution in [-0.2, 0) is 4.79 Å². The minimum Gasteiger partial charge on any atom is -0.497 e. The molecule has 1 aliphatic heterocycles. The van der Waals surface area contributed by atoms with E-state index in [0.717, 1.165) is 6.42 Å². The van der Waals surface area contributed by atoms with Gasteiger partial charge in [0.15, 0.2) is 0 Å². The maximum Gasteiger partial charge on any atom is 0.254 e. The molecule has 1 aromatic rings. The lowest BCUT2D eigenvalue weighted by Gasteiger charge is -2.17. The summed E-state index contributed by atoms with van der Waals surface area (Å²) in [6, 6.07) is 5.00. The molecule has 1 unspecified atom stereocenters. The highest BCUT2D eigenvalue weighted by Crippen LogP contribution is 2.21. The van der Waals surface area contributed by atoms with Crippen LogP contribution in [0, 0.1) is 0 Å². The van der Waals surface area contributed by atoms with Crippen LogP contribution in [0.2, 0.25) is 0 Å². The number of nitrogens with zero attached hydrogens (tertiary/aromatic N) is 1. The molecule has 1 fully saturated rings. The van der Waals surface area contributed by atoms with Gasteiger partial charge in [-0.3, -0.25) is 9.59 Å². The van der Waals surface area contributed by atoms with Gasteiger partial charge in [0.2, 0.25) is 5.91 Å². The second-order valence-corrected chi connectivity index (χ2v) is 4.93. The Balaban J connectivity index is 2.09. The topological polar surface area (TPSA) is 84.7 Å². The van der Waals surface area contributed by atoms with E-state index in [2.05, 4.69) is 5.32 Å². The number of ether oxygens (including phenoxy) is 1. The molecule has 6 heteroatoms. The number of rotatable bonds is 3. The Labute approximate surface area is 117 Å². The first kappa shape index (κ1) is 14.2. The third-order valence-electron chi connectivity index (χ3n) is 3.29. The van der Waals surface area contributed by atoms with Crippen molar-refractivity contribution in [3.63, 3.8) is 0 Å². The molecule has 2 rings (SSSR count). The Morgan fingerprint density at radius 1 is 1.40 bits per heavy atom. The minimum absolute atomic E-state index is 0.0272. The van der Waals surface area contributed by atoms with Gasteiger partial charge in [0.25, 0.3) is 5.91 Å². The molecule has 0 spiro atoms. The fourth-order valence-electron chi connectivity index (χ4n) is 2.40. The molecular weight excluding hydrogens is 258 g/mol. The second-order valence-electron chi connectivity index (χ2n) is 4.93. The van der Waals surface area contributed by atoms with E-state index in [4.69, 9.17) is 10.5 Å². The molecule has 108 valence electrons. The van der Waals surface area contributed by atoms with E-state index in [9.17, 15) is 9.59 Å². The van der Waals surface area contributed by atoms with E-state index in [0.29, 0.717) is 30.1 Å². The number of hydrogen-bond acceptors (Lipinski definition) is 4. The number of nitrogen functional groups attached to an aromatic ring is 1. The van der Waals surface area contributed by atoms with Crippen LogP contribution < -0.4 is 15.8 Å². The Bertz CT molecular complexity index is 530. The van der Waals surface area contributed by atoms with Gasteiger partial charge in [-0.05, 0) is 18.6 Å². The van der Waals surface area contributed by atoms with Crippen LogP contribution in [0.1, 0.15) is 23.7 Å². The molecule has 3 N–H and O–H groups in total. The molecule has 1 saturated heterocycles. The van der Waals surface area contributed by atoms with E-state index in [1.807, 2.05) is 0 Å². The third kappa shape index (κ3) is 3.20. The minimum atomic E-state index is -0.0940. The lowest BCUT2D eigenvalue weighted by Crippen LogP contribution is -2.37. The van der Waals surface area contributed by atoms with Crippen molar-refractivity contribution in [3.8, 4) is 5.75 Å². The van der Waals surface area contributed by atoms with Crippen molar-refractivity contribution < 1.29 is 14.3 Å². The van der Waals surface area contributed by atoms with E-state index in [1.165, 1.54) is 14.0 Å². The Morgan fingerprint density at radius 3 is 2.80 bits per heavy atom. The van der Waals surface area contributed by atoms with Crippen LogP contribution in [0.15, 0.2) is 18.2 Å². The lowest BCUT2D eigenvalue weighted by molar-refractivity contribution is -0.119. The molecule has 6 nitrogen and oxygen atoms in total. The van der Waals surface area contributed by atoms with Crippen molar-refractivity contribution in [1.82, 2.24) is 10.2 Å². The lowest BCUT2D eigenvalue weighted by atomic mass is 10.1. The number of hydrogen-bond donors (Lipinski definition) is 2. The summed E-state index contributed by atoms with van der Waals surface area (Å²) in [4.78, 5) is 25.1. The third-order valence-corrected chi connectivity index (χ3v) is 3.29. The van der Waals surface area contributed by atoms with E-state index >= 15 is 0 Å². The van der Waals surface area contributed by atoms with Crippen LogP contribution in [0.5, 0.6) is 5.75 Å². The summed E-state index contributed by atoms with van der Waals surface area (Å²) >= 11 is 0. The summed E-state index contributed by atoms with van der Waals surface area (Å²) in [6.45, 7) is 2.63. The predicted molar refractivity (Wildman–Crippen MR) is 75.5 cm³/mol. The van der Waals surface area contributed by atoms with Gasteiger partial charge in [0.05, 0.1) is 7.11 Å². The number of benzene rings is 1. The summed E-state index contributed by atoms with van der Waals surface area (Å²) in [5.41, 5.74) is 6.75. The zero-order valence-corrected chi connectivity index (χ0v) is 11.7. The van der Waals surface area contributed by atoms with Crippen molar-refractivity contribution in [2.24, 2.45) is 0 Å². The standard InChI is InChI=1S/C14H19N3O3/c1-9(18)16-12-3-4-17(8-12)14(19)10-5-11(15)7-13(6-10)20-2/h5-7,12H,3-4,8,15H2,1-2H3,(H,16,18). The quantitative estimate of drug-likeness (QED) is 0.794. The molecular formula is C14H19N3O3. The van der Waals surface area contributed by atoms with Crippen LogP contribution in [0.3, 0.4) is 0 Å². The number of nitrogens with two attached hydrogens (primary N) is 1.